The lowest BCUT2D eigenvalue weighted by atomic mass is 9.93. The van der Waals surface area contributed by atoms with Crippen LogP contribution in [0.5, 0.6) is 0 Å². The number of nitriles is 1. The zero-order valence-corrected chi connectivity index (χ0v) is 19.1. The van der Waals surface area contributed by atoms with E-state index in [-0.39, 0.29) is 12.0 Å². The number of nitrogens with zero attached hydrogens (tertiary/aromatic N) is 2. The van der Waals surface area contributed by atoms with Gasteiger partial charge in [-0.1, -0.05) is 54.6 Å². The molecule has 32 heavy (non-hydrogen) atoms. The minimum absolute atomic E-state index is 0.0405. The molecule has 3 aromatic rings. The fourth-order valence-electron chi connectivity index (χ4n) is 4.12. The molecular formula is C26H27N3O2S. The Morgan fingerprint density at radius 1 is 0.906 bits per heavy atom. The lowest BCUT2D eigenvalue weighted by Gasteiger charge is -2.21. The second-order valence-corrected chi connectivity index (χ2v) is 10.7. The first kappa shape index (κ1) is 22.1. The van der Waals surface area contributed by atoms with Crippen LogP contribution in [0, 0.1) is 11.3 Å². The normalized spacial score (nSPS) is 18.6. The maximum absolute atomic E-state index is 12.6. The van der Waals surface area contributed by atoms with Gasteiger partial charge in [0.05, 0.1) is 16.9 Å². The number of benzene rings is 3. The Morgan fingerprint density at radius 2 is 1.50 bits per heavy atom. The SMILES string of the molecule is CC(C)S(=O)(=O)NC1CN(c2ccccc2)CC1c1ccc(-c2ccc(C#N)cc2)cc1. The average molecular weight is 446 g/mol. The highest BCUT2D eigenvalue weighted by molar-refractivity contribution is 7.90. The van der Waals surface area contributed by atoms with E-state index in [1.165, 1.54) is 0 Å². The number of hydrogen-bond acceptors (Lipinski definition) is 4. The molecule has 1 saturated heterocycles. The van der Waals surface area contributed by atoms with Gasteiger partial charge in [0.1, 0.15) is 0 Å². The van der Waals surface area contributed by atoms with Crippen molar-refractivity contribution in [2.45, 2.75) is 31.1 Å². The van der Waals surface area contributed by atoms with Crippen LogP contribution in [0.1, 0.15) is 30.9 Å². The van der Waals surface area contributed by atoms with E-state index >= 15 is 0 Å². The monoisotopic (exact) mass is 445 g/mol. The molecule has 1 N–H and O–H groups in total. The topological polar surface area (TPSA) is 73.2 Å². The zero-order chi connectivity index (χ0) is 22.7. The highest BCUT2D eigenvalue weighted by Gasteiger charge is 2.37. The van der Waals surface area contributed by atoms with E-state index in [9.17, 15) is 8.42 Å². The Morgan fingerprint density at radius 3 is 2.06 bits per heavy atom. The third-order valence-electron chi connectivity index (χ3n) is 6.06. The smallest absolute Gasteiger partial charge is 0.214 e. The molecule has 1 aliphatic rings. The Bertz CT molecular complexity index is 1200. The van der Waals surface area contributed by atoms with Crippen LogP contribution in [0.3, 0.4) is 0 Å². The molecule has 1 heterocycles. The summed E-state index contributed by atoms with van der Waals surface area (Å²) in [5, 5.41) is 8.52. The van der Waals surface area contributed by atoms with Crippen molar-refractivity contribution in [1.29, 1.82) is 5.26 Å². The van der Waals surface area contributed by atoms with Crippen molar-refractivity contribution >= 4 is 15.7 Å². The van der Waals surface area contributed by atoms with Crippen LogP contribution in [0.4, 0.5) is 5.69 Å². The maximum Gasteiger partial charge on any atom is 0.214 e. The molecule has 5 nitrogen and oxygen atoms in total. The highest BCUT2D eigenvalue weighted by atomic mass is 32.2. The van der Waals surface area contributed by atoms with E-state index < -0.39 is 15.3 Å². The van der Waals surface area contributed by atoms with E-state index in [0.29, 0.717) is 12.1 Å². The van der Waals surface area contributed by atoms with Gasteiger partial charge in [-0.15, -0.1) is 0 Å². The van der Waals surface area contributed by atoms with Crippen LogP contribution < -0.4 is 9.62 Å². The summed E-state index contributed by atoms with van der Waals surface area (Å²) in [6.07, 6.45) is 0. The Labute approximate surface area is 190 Å². The minimum Gasteiger partial charge on any atom is -0.369 e. The van der Waals surface area contributed by atoms with Crippen molar-refractivity contribution < 1.29 is 8.42 Å². The van der Waals surface area contributed by atoms with Crippen LogP contribution in [0.25, 0.3) is 11.1 Å². The van der Waals surface area contributed by atoms with Gasteiger partial charge in [-0.05, 0) is 54.8 Å². The molecule has 0 bridgehead atoms. The lowest BCUT2D eigenvalue weighted by molar-refractivity contribution is 0.535. The lowest BCUT2D eigenvalue weighted by Crippen LogP contribution is -2.43. The third kappa shape index (κ3) is 4.69. The predicted octanol–water partition coefficient (Wildman–Crippen LogP) is 4.53. The fourth-order valence-corrected chi connectivity index (χ4v) is 5.05. The number of nitrogens with one attached hydrogen (secondary N) is 1. The second-order valence-electron chi connectivity index (χ2n) is 8.48. The summed E-state index contributed by atoms with van der Waals surface area (Å²) in [5.41, 5.74) is 4.95. The molecule has 6 heteroatoms. The molecular weight excluding hydrogens is 418 g/mol. The molecule has 0 aliphatic carbocycles. The van der Waals surface area contributed by atoms with Crippen molar-refractivity contribution in [3.63, 3.8) is 0 Å². The van der Waals surface area contributed by atoms with Crippen LogP contribution in [0.15, 0.2) is 78.9 Å². The van der Waals surface area contributed by atoms with Gasteiger partial charge in [0.15, 0.2) is 0 Å². The van der Waals surface area contributed by atoms with Crippen molar-refractivity contribution in [2.24, 2.45) is 0 Å². The molecule has 2 atom stereocenters. The van der Waals surface area contributed by atoms with Crippen LogP contribution in [0.2, 0.25) is 0 Å². The molecule has 0 spiro atoms. The van der Waals surface area contributed by atoms with E-state index in [2.05, 4.69) is 52.1 Å². The fraction of sp³-hybridized carbons (Fsp3) is 0.269. The number of hydrogen-bond donors (Lipinski definition) is 1. The van der Waals surface area contributed by atoms with Crippen LogP contribution >= 0.6 is 0 Å². The Kier molecular flexibility index (Phi) is 6.31. The van der Waals surface area contributed by atoms with E-state index in [1.54, 1.807) is 13.8 Å². The van der Waals surface area contributed by atoms with Crippen molar-refractivity contribution in [2.75, 3.05) is 18.0 Å². The van der Waals surface area contributed by atoms with Gasteiger partial charge >= 0.3 is 0 Å². The Hall–Kier alpha value is -3.14. The summed E-state index contributed by atoms with van der Waals surface area (Å²) in [6.45, 7) is 4.77. The summed E-state index contributed by atoms with van der Waals surface area (Å²) in [5.74, 6) is 0.0405. The predicted molar refractivity (Wildman–Crippen MR) is 129 cm³/mol. The van der Waals surface area contributed by atoms with Gasteiger partial charge < -0.3 is 4.90 Å². The van der Waals surface area contributed by atoms with Crippen molar-refractivity contribution in [1.82, 2.24) is 4.72 Å². The van der Waals surface area contributed by atoms with Crippen LogP contribution in [-0.4, -0.2) is 32.8 Å². The molecule has 1 fully saturated rings. The van der Waals surface area contributed by atoms with Crippen LogP contribution in [-0.2, 0) is 10.0 Å². The summed E-state index contributed by atoms with van der Waals surface area (Å²) in [6, 6.07) is 27.9. The average Bonchev–Trinajstić information content (AvgIpc) is 3.23. The molecule has 4 rings (SSSR count). The summed E-state index contributed by atoms with van der Waals surface area (Å²) in [7, 11) is -3.39. The summed E-state index contributed by atoms with van der Waals surface area (Å²) in [4.78, 5) is 2.24. The zero-order valence-electron chi connectivity index (χ0n) is 18.3. The minimum atomic E-state index is -3.39. The summed E-state index contributed by atoms with van der Waals surface area (Å²) >= 11 is 0. The maximum atomic E-state index is 12.6. The Balaban J connectivity index is 1.61. The molecule has 1 aliphatic heterocycles. The molecule has 0 aromatic heterocycles. The first-order valence-electron chi connectivity index (χ1n) is 10.8. The molecule has 3 aromatic carbocycles. The summed E-state index contributed by atoms with van der Waals surface area (Å²) < 4.78 is 28.3. The molecule has 164 valence electrons. The quantitative estimate of drug-likeness (QED) is 0.605. The number of para-hydroxylation sites is 1. The first-order valence-corrected chi connectivity index (χ1v) is 12.3. The number of sulfonamides is 1. The molecule has 0 amide bonds. The highest BCUT2D eigenvalue weighted by Crippen LogP contribution is 2.33. The van der Waals surface area contributed by atoms with Crippen molar-refractivity contribution in [3.8, 4) is 17.2 Å². The van der Waals surface area contributed by atoms with E-state index in [1.807, 2.05) is 42.5 Å². The first-order chi connectivity index (χ1) is 15.4. The second kappa shape index (κ2) is 9.15. The van der Waals surface area contributed by atoms with Crippen molar-refractivity contribution in [3.05, 3.63) is 90.0 Å². The van der Waals surface area contributed by atoms with Gasteiger partial charge in [-0.3, -0.25) is 0 Å². The number of rotatable bonds is 6. The largest absolute Gasteiger partial charge is 0.369 e. The van der Waals surface area contributed by atoms with E-state index in [0.717, 1.165) is 28.9 Å². The third-order valence-corrected chi connectivity index (χ3v) is 7.94. The standard InChI is InChI=1S/C26H27N3O2S/c1-19(2)32(30,31)28-26-18-29(24-6-4-3-5-7-24)17-25(26)23-14-12-22(13-15-23)21-10-8-20(16-27)9-11-21/h3-15,19,25-26,28H,17-18H2,1-2H3. The van der Waals surface area contributed by atoms with Gasteiger partial charge in [0.25, 0.3) is 0 Å². The van der Waals surface area contributed by atoms with Gasteiger partial charge in [0, 0.05) is 30.7 Å². The molecule has 0 saturated carbocycles. The van der Waals surface area contributed by atoms with Gasteiger partial charge in [-0.2, -0.15) is 5.26 Å². The molecule has 0 radical (unpaired) electrons. The van der Waals surface area contributed by atoms with E-state index in [4.69, 9.17) is 5.26 Å². The molecule has 2 unspecified atom stereocenters. The van der Waals surface area contributed by atoms with Gasteiger partial charge in [0.2, 0.25) is 10.0 Å². The number of anilines is 1. The van der Waals surface area contributed by atoms with Gasteiger partial charge in [-0.25, -0.2) is 13.1 Å².